The molecule has 2 fully saturated rings. The maximum atomic E-state index is 9.56. The molecule has 8 rings (SSSR count). The van der Waals surface area contributed by atoms with Gasteiger partial charge in [-0.15, -0.1) is 0 Å². The lowest BCUT2D eigenvalue weighted by Crippen LogP contribution is -2.42. The summed E-state index contributed by atoms with van der Waals surface area (Å²) in [5.74, 6) is 4.38. The molecule has 2 bridgehead atoms. The number of nitriles is 1. The van der Waals surface area contributed by atoms with E-state index in [1.54, 1.807) is 0 Å². The molecule has 2 aliphatic carbocycles. The number of fused-ring (bicyclic) bond motifs is 3. The van der Waals surface area contributed by atoms with Crippen LogP contribution in [0.1, 0.15) is 57.1 Å². The van der Waals surface area contributed by atoms with Crippen molar-refractivity contribution in [1.82, 2.24) is 15.0 Å². The van der Waals surface area contributed by atoms with Crippen LogP contribution in [0.4, 0.5) is 0 Å². The van der Waals surface area contributed by atoms with Crippen molar-refractivity contribution in [1.29, 1.82) is 5.26 Å². The molecule has 0 amide bonds. The zero-order valence-corrected chi connectivity index (χ0v) is 27.0. The Morgan fingerprint density at radius 1 is 0.596 bits per heavy atom. The monoisotopic (exact) mass is 610 g/mol. The van der Waals surface area contributed by atoms with Gasteiger partial charge in [-0.25, -0.2) is 15.0 Å². The van der Waals surface area contributed by atoms with E-state index >= 15 is 0 Å². The normalized spacial score (nSPS) is 22.1. The molecule has 2 aliphatic rings. The summed E-state index contributed by atoms with van der Waals surface area (Å²) in [5, 5.41) is 11.7. The average Bonchev–Trinajstić information content (AvgIpc) is 3.11. The summed E-state index contributed by atoms with van der Waals surface area (Å²) in [7, 11) is 0. The molecule has 1 heterocycles. The largest absolute Gasteiger partial charge is 0.208 e. The number of aromatic nitrogens is 3. The Balaban J connectivity index is 1.21. The number of benzene rings is 5. The minimum atomic E-state index is 0.286. The van der Waals surface area contributed by atoms with Crippen molar-refractivity contribution >= 4 is 10.8 Å². The van der Waals surface area contributed by atoms with E-state index in [9.17, 15) is 5.26 Å². The van der Waals surface area contributed by atoms with Crippen LogP contribution in [0, 0.1) is 29.1 Å². The van der Waals surface area contributed by atoms with E-state index in [0.29, 0.717) is 23.0 Å². The van der Waals surface area contributed by atoms with Gasteiger partial charge < -0.3 is 0 Å². The van der Waals surface area contributed by atoms with E-state index in [1.165, 1.54) is 37.7 Å². The second-order valence-corrected chi connectivity index (χ2v) is 14.1. The van der Waals surface area contributed by atoms with Gasteiger partial charge in [0.1, 0.15) is 0 Å². The average molecular weight is 611 g/mol. The topological polar surface area (TPSA) is 62.5 Å². The Kier molecular flexibility index (Phi) is 7.41. The summed E-state index contributed by atoms with van der Waals surface area (Å²) in [6, 6.07) is 42.1. The molecule has 5 aromatic carbocycles. The Morgan fingerprint density at radius 3 is 1.91 bits per heavy atom. The first-order valence-corrected chi connectivity index (χ1v) is 16.9. The van der Waals surface area contributed by atoms with E-state index in [-0.39, 0.29) is 5.41 Å². The van der Waals surface area contributed by atoms with Gasteiger partial charge in [-0.3, -0.25) is 0 Å². The third-order valence-electron chi connectivity index (χ3n) is 10.5. The van der Waals surface area contributed by atoms with Crippen molar-refractivity contribution in [3.05, 3.63) is 126 Å². The highest BCUT2D eigenvalue weighted by Gasteiger charge is 2.45. The molecular formula is C43H38N4. The van der Waals surface area contributed by atoms with Crippen molar-refractivity contribution in [2.45, 2.75) is 51.4 Å². The van der Waals surface area contributed by atoms with Gasteiger partial charge in [-0.1, -0.05) is 111 Å². The smallest absolute Gasteiger partial charge is 0.164 e. The molecule has 4 nitrogen and oxygen atoms in total. The SMILES string of the molecule is C[C@@H]1CC2C[C@H](C)CC(c3ccc(-c4nc(-c5ccccc5)nc(-c5cccc(-c6cccc7ccc(C#N)cc67)c5)n4)cc3)(C2)C1. The maximum absolute atomic E-state index is 9.56. The Hall–Kier alpha value is -5.14. The molecule has 0 radical (unpaired) electrons. The predicted octanol–water partition coefficient (Wildman–Crippen LogP) is 10.7. The summed E-state index contributed by atoms with van der Waals surface area (Å²) < 4.78 is 0. The van der Waals surface area contributed by atoms with Gasteiger partial charge >= 0.3 is 0 Å². The Bertz CT molecular complexity index is 2110. The number of hydrogen-bond acceptors (Lipinski definition) is 4. The molecule has 0 aliphatic heterocycles. The van der Waals surface area contributed by atoms with Gasteiger partial charge in [0.05, 0.1) is 11.6 Å². The van der Waals surface area contributed by atoms with Crippen LogP contribution in [0.3, 0.4) is 0 Å². The standard InChI is InChI=1S/C43H38N4/c1-28-20-31-21-29(2)25-43(24-28,26-31)37-18-16-34(17-19-37)41-45-40(33-8-4-3-5-9-33)46-42(47-41)36-12-6-11-35(23-36)38-13-7-10-32-15-14-30(27-44)22-39(32)38/h3-19,22-23,28-29,31H,20-21,24-26H2,1-2H3/t28-,29+,31?,43?. The number of hydrogen-bond donors (Lipinski definition) is 0. The highest BCUT2D eigenvalue weighted by Crippen LogP contribution is 2.54. The zero-order chi connectivity index (χ0) is 32.0. The van der Waals surface area contributed by atoms with Crippen LogP contribution in [0.2, 0.25) is 0 Å². The van der Waals surface area contributed by atoms with Crippen molar-refractivity contribution in [2.75, 3.05) is 0 Å². The van der Waals surface area contributed by atoms with Crippen LogP contribution in [0.25, 0.3) is 56.1 Å². The summed E-state index contributed by atoms with van der Waals surface area (Å²) in [6.45, 7) is 4.89. The molecule has 1 aromatic heterocycles. The molecule has 4 atom stereocenters. The van der Waals surface area contributed by atoms with E-state index in [0.717, 1.165) is 56.3 Å². The molecule has 4 heteroatoms. The van der Waals surface area contributed by atoms with Gasteiger partial charge in [0.25, 0.3) is 0 Å². The van der Waals surface area contributed by atoms with Gasteiger partial charge in [-0.2, -0.15) is 5.26 Å². The number of rotatable bonds is 5. The molecule has 0 saturated heterocycles. The van der Waals surface area contributed by atoms with Crippen LogP contribution in [0.15, 0.2) is 115 Å². The fourth-order valence-electron chi connectivity index (χ4n) is 8.80. The van der Waals surface area contributed by atoms with E-state index < -0.39 is 0 Å². The van der Waals surface area contributed by atoms with Crippen LogP contribution in [-0.2, 0) is 5.41 Å². The highest BCUT2D eigenvalue weighted by atomic mass is 15.0. The molecule has 0 spiro atoms. The lowest BCUT2D eigenvalue weighted by atomic mass is 9.54. The molecule has 2 saturated carbocycles. The third-order valence-corrected chi connectivity index (χ3v) is 10.5. The molecular weight excluding hydrogens is 573 g/mol. The van der Waals surface area contributed by atoms with Gasteiger partial charge in [0.15, 0.2) is 17.5 Å². The summed E-state index contributed by atoms with van der Waals surface area (Å²) in [5.41, 5.74) is 7.42. The highest BCUT2D eigenvalue weighted by molar-refractivity contribution is 5.97. The van der Waals surface area contributed by atoms with E-state index in [4.69, 9.17) is 15.0 Å². The summed E-state index contributed by atoms with van der Waals surface area (Å²) in [4.78, 5) is 15.1. The second kappa shape index (κ2) is 11.9. The van der Waals surface area contributed by atoms with Crippen LogP contribution in [0.5, 0.6) is 0 Å². The van der Waals surface area contributed by atoms with Gasteiger partial charge in [0, 0.05) is 16.7 Å². The van der Waals surface area contributed by atoms with Crippen molar-refractivity contribution in [3.8, 4) is 51.4 Å². The fourth-order valence-corrected chi connectivity index (χ4v) is 8.80. The first kappa shape index (κ1) is 29.3. The van der Waals surface area contributed by atoms with Gasteiger partial charge in [-0.05, 0) is 101 Å². The number of nitrogens with zero attached hydrogens (tertiary/aromatic N) is 4. The third kappa shape index (κ3) is 5.61. The first-order chi connectivity index (χ1) is 23.0. The van der Waals surface area contributed by atoms with Crippen molar-refractivity contribution in [2.24, 2.45) is 17.8 Å². The quantitative estimate of drug-likeness (QED) is 0.195. The minimum Gasteiger partial charge on any atom is -0.208 e. The maximum Gasteiger partial charge on any atom is 0.164 e. The predicted molar refractivity (Wildman–Crippen MR) is 190 cm³/mol. The van der Waals surface area contributed by atoms with Crippen molar-refractivity contribution < 1.29 is 0 Å². The van der Waals surface area contributed by atoms with E-state index in [1.807, 2.05) is 36.4 Å². The lowest BCUT2D eigenvalue weighted by molar-refractivity contribution is 0.0780. The van der Waals surface area contributed by atoms with Crippen LogP contribution >= 0.6 is 0 Å². The second-order valence-electron chi connectivity index (χ2n) is 14.1. The first-order valence-electron chi connectivity index (χ1n) is 16.9. The minimum absolute atomic E-state index is 0.286. The molecule has 47 heavy (non-hydrogen) atoms. The fraction of sp³-hybridized carbons (Fsp3) is 0.256. The Labute approximate surface area is 277 Å². The van der Waals surface area contributed by atoms with Gasteiger partial charge in [0.2, 0.25) is 0 Å². The molecule has 230 valence electrons. The Morgan fingerprint density at radius 2 is 1.21 bits per heavy atom. The lowest BCUT2D eigenvalue weighted by Gasteiger charge is -2.50. The van der Waals surface area contributed by atoms with Crippen LogP contribution in [-0.4, -0.2) is 15.0 Å². The van der Waals surface area contributed by atoms with Crippen LogP contribution < -0.4 is 0 Å². The molecule has 0 N–H and O–H groups in total. The zero-order valence-electron chi connectivity index (χ0n) is 27.0. The summed E-state index contributed by atoms with van der Waals surface area (Å²) >= 11 is 0. The summed E-state index contributed by atoms with van der Waals surface area (Å²) in [6.07, 6.45) is 6.64. The van der Waals surface area contributed by atoms with E-state index in [2.05, 4.69) is 98.8 Å². The van der Waals surface area contributed by atoms with Crippen molar-refractivity contribution in [3.63, 3.8) is 0 Å². The molecule has 6 aromatic rings. The molecule has 2 unspecified atom stereocenters.